The highest BCUT2D eigenvalue weighted by Gasteiger charge is 2.12. The molecular weight excluding hydrogens is 391 g/mol. The Morgan fingerprint density at radius 1 is 1.21 bits per heavy atom. The van der Waals surface area contributed by atoms with Gasteiger partial charge < -0.3 is 4.84 Å². The van der Waals surface area contributed by atoms with Crippen LogP contribution in [-0.2, 0) is 11.4 Å². The van der Waals surface area contributed by atoms with E-state index in [1.54, 1.807) is 0 Å². The summed E-state index contributed by atoms with van der Waals surface area (Å²) >= 11 is 5.75. The molecule has 0 radical (unpaired) electrons. The number of nitrogens with one attached hydrogen (secondary N) is 2. The molecular formula is C17H12ClFN6O3. The zero-order chi connectivity index (χ0) is 20.1. The summed E-state index contributed by atoms with van der Waals surface area (Å²) in [6.07, 6.45) is 5.05. The zero-order valence-electron chi connectivity index (χ0n) is 14.1. The van der Waals surface area contributed by atoms with Gasteiger partial charge in [-0.1, -0.05) is 11.6 Å². The average molecular weight is 403 g/mol. The highest BCUT2D eigenvalue weighted by atomic mass is 35.5. The largest absolute Gasteiger partial charge is 0.364 e. The normalized spacial score (nSPS) is 10.4. The van der Waals surface area contributed by atoms with Crippen molar-refractivity contribution < 1.29 is 14.0 Å². The minimum absolute atomic E-state index is 0.0287. The lowest BCUT2D eigenvalue weighted by Gasteiger charge is -2.10. The van der Waals surface area contributed by atoms with Gasteiger partial charge in [0.25, 0.3) is 5.56 Å². The average Bonchev–Trinajstić information content (AvgIpc) is 2.67. The maximum absolute atomic E-state index is 13.2. The summed E-state index contributed by atoms with van der Waals surface area (Å²) in [5, 5.41) is 12.2. The Bertz CT molecular complexity index is 1100. The van der Waals surface area contributed by atoms with Gasteiger partial charge >= 0.3 is 5.97 Å². The molecule has 11 heteroatoms. The van der Waals surface area contributed by atoms with Crippen molar-refractivity contribution in [2.75, 3.05) is 0 Å². The first-order chi connectivity index (χ1) is 13.4. The second-order valence-electron chi connectivity index (χ2n) is 5.48. The van der Waals surface area contributed by atoms with Gasteiger partial charge in [-0.05, 0) is 23.8 Å². The van der Waals surface area contributed by atoms with E-state index >= 15 is 0 Å². The number of aromatic nitrogens is 4. The predicted octanol–water partition coefficient (Wildman–Crippen LogP) is 1.56. The van der Waals surface area contributed by atoms with E-state index in [0.717, 1.165) is 10.9 Å². The minimum Gasteiger partial charge on any atom is -0.336 e. The van der Waals surface area contributed by atoms with Crippen LogP contribution in [0.25, 0.3) is 0 Å². The molecule has 0 saturated carbocycles. The van der Waals surface area contributed by atoms with E-state index in [1.807, 2.05) is 0 Å². The van der Waals surface area contributed by atoms with Crippen LogP contribution in [0, 0.1) is 11.2 Å². The van der Waals surface area contributed by atoms with E-state index in [1.165, 1.54) is 42.9 Å². The standard InChI is InChI=1S/C17H12ClFN6O3/c18-12-4-11(6-22-7-12)17(27)28-24-16(20)14-1-2-15(26)25(23-14)9-10-3-13(19)8-21-5-10/h1-8H,9H2,(H2,20,24). The number of rotatable bonds is 4. The first-order valence-electron chi connectivity index (χ1n) is 7.76. The monoisotopic (exact) mass is 402 g/mol. The summed E-state index contributed by atoms with van der Waals surface area (Å²) < 4.78 is 14.3. The van der Waals surface area contributed by atoms with Crippen molar-refractivity contribution in [2.45, 2.75) is 6.54 Å². The van der Waals surface area contributed by atoms with Crippen LogP contribution in [0.5, 0.6) is 0 Å². The summed E-state index contributed by atoms with van der Waals surface area (Å²) in [4.78, 5) is 36.2. The Morgan fingerprint density at radius 2 is 2.00 bits per heavy atom. The van der Waals surface area contributed by atoms with Crippen molar-refractivity contribution in [1.82, 2.24) is 25.2 Å². The van der Waals surface area contributed by atoms with Gasteiger partial charge in [0.2, 0.25) is 0 Å². The molecule has 28 heavy (non-hydrogen) atoms. The highest BCUT2D eigenvalue weighted by Crippen LogP contribution is 2.09. The molecule has 0 aliphatic heterocycles. The number of hydroxylamine groups is 1. The van der Waals surface area contributed by atoms with Crippen molar-refractivity contribution in [3.63, 3.8) is 0 Å². The molecule has 0 bridgehead atoms. The highest BCUT2D eigenvalue weighted by molar-refractivity contribution is 6.30. The van der Waals surface area contributed by atoms with Crippen molar-refractivity contribution in [2.24, 2.45) is 0 Å². The third-order valence-corrected chi connectivity index (χ3v) is 3.61. The third kappa shape index (κ3) is 4.74. The van der Waals surface area contributed by atoms with E-state index in [2.05, 4.69) is 20.5 Å². The van der Waals surface area contributed by atoms with Gasteiger partial charge in [-0.2, -0.15) is 10.6 Å². The summed E-state index contributed by atoms with van der Waals surface area (Å²) in [7, 11) is 0. The molecule has 3 aromatic rings. The minimum atomic E-state index is -0.807. The van der Waals surface area contributed by atoms with Crippen LogP contribution in [0.3, 0.4) is 0 Å². The lowest BCUT2D eigenvalue weighted by Crippen LogP contribution is -2.31. The molecule has 0 aliphatic carbocycles. The first kappa shape index (κ1) is 19.1. The fourth-order valence-corrected chi connectivity index (χ4v) is 2.32. The predicted molar refractivity (Wildman–Crippen MR) is 96.4 cm³/mol. The van der Waals surface area contributed by atoms with Gasteiger partial charge in [-0.15, -0.1) is 0 Å². The van der Waals surface area contributed by atoms with Crippen molar-refractivity contribution in [1.29, 1.82) is 5.41 Å². The topological polar surface area (TPSA) is 123 Å². The Labute approximate surface area is 162 Å². The van der Waals surface area contributed by atoms with Crippen LogP contribution in [-0.4, -0.2) is 31.6 Å². The molecule has 3 heterocycles. The van der Waals surface area contributed by atoms with Crippen molar-refractivity contribution in [3.8, 4) is 0 Å². The van der Waals surface area contributed by atoms with Gasteiger partial charge in [0.05, 0.1) is 23.3 Å². The van der Waals surface area contributed by atoms with Crippen LogP contribution >= 0.6 is 11.6 Å². The molecule has 2 N–H and O–H groups in total. The first-order valence-corrected chi connectivity index (χ1v) is 8.14. The molecule has 0 amide bonds. The van der Waals surface area contributed by atoms with Gasteiger partial charge in [0.15, 0.2) is 5.84 Å². The number of hydrogen-bond donors (Lipinski definition) is 2. The molecule has 0 fully saturated rings. The van der Waals surface area contributed by atoms with Gasteiger partial charge in [-0.25, -0.2) is 13.9 Å². The number of carbonyl (C=O) groups excluding carboxylic acids is 1. The third-order valence-electron chi connectivity index (χ3n) is 3.40. The zero-order valence-corrected chi connectivity index (χ0v) is 14.9. The summed E-state index contributed by atoms with van der Waals surface area (Å²) in [6, 6.07) is 5.05. The summed E-state index contributed by atoms with van der Waals surface area (Å²) in [5.41, 5.74) is 2.23. The second-order valence-corrected chi connectivity index (χ2v) is 5.92. The molecule has 0 unspecified atom stereocenters. The molecule has 142 valence electrons. The molecule has 9 nitrogen and oxygen atoms in total. The maximum atomic E-state index is 13.2. The van der Waals surface area contributed by atoms with Gasteiger partial charge in [0, 0.05) is 24.7 Å². The van der Waals surface area contributed by atoms with E-state index in [-0.39, 0.29) is 28.7 Å². The molecule has 0 saturated heterocycles. The van der Waals surface area contributed by atoms with E-state index in [4.69, 9.17) is 21.8 Å². The number of carbonyl (C=O) groups is 1. The molecule has 0 spiro atoms. The molecule has 3 aromatic heterocycles. The van der Waals surface area contributed by atoms with Gasteiger partial charge in [0.1, 0.15) is 11.5 Å². The lowest BCUT2D eigenvalue weighted by atomic mass is 10.3. The Hall–Kier alpha value is -3.66. The number of pyridine rings is 2. The number of hydrogen-bond acceptors (Lipinski definition) is 7. The summed E-state index contributed by atoms with van der Waals surface area (Å²) in [6.45, 7) is -0.0430. The SMILES string of the molecule is N=C(NOC(=O)c1cncc(Cl)c1)c1ccc(=O)n(Cc2cncc(F)c2)n1. The van der Waals surface area contributed by atoms with Crippen LogP contribution in [0.15, 0.2) is 53.8 Å². The van der Waals surface area contributed by atoms with Crippen LogP contribution < -0.4 is 11.0 Å². The second kappa shape index (κ2) is 8.35. The van der Waals surface area contributed by atoms with E-state index < -0.39 is 17.3 Å². The quantitative estimate of drug-likeness (QED) is 0.385. The Balaban J connectivity index is 1.70. The van der Waals surface area contributed by atoms with Crippen LogP contribution in [0.4, 0.5) is 4.39 Å². The Kier molecular flexibility index (Phi) is 5.70. The van der Waals surface area contributed by atoms with Crippen LogP contribution in [0.1, 0.15) is 21.6 Å². The van der Waals surface area contributed by atoms with Crippen LogP contribution in [0.2, 0.25) is 5.02 Å². The fourth-order valence-electron chi connectivity index (χ4n) is 2.14. The molecule has 3 rings (SSSR count). The van der Waals surface area contributed by atoms with E-state index in [0.29, 0.717) is 5.56 Å². The molecule has 0 aromatic carbocycles. The number of nitrogens with zero attached hydrogens (tertiary/aromatic N) is 4. The van der Waals surface area contributed by atoms with E-state index in [9.17, 15) is 14.0 Å². The smallest absolute Gasteiger partial charge is 0.336 e. The molecule has 0 atom stereocenters. The number of amidine groups is 1. The van der Waals surface area contributed by atoms with Gasteiger partial charge in [-0.3, -0.25) is 20.2 Å². The fraction of sp³-hybridized carbons (Fsp3) is 0.0588. The Morgan fingerprint density at radius 3 is 2.75 bits per heavy atom. The van der Waals surface area contributed by atoms with Crippen molar-refractivity contribution >= 4 is 23.4 Å². The lowest BCUT2D eigenvalue weighted by molar-refractivity contribution is 0.0385. The summed E-state index contributed by atoms with van der Waals surface area (Å²) in [5.74, 6) is -1.72. The maximum Gasteiger partial charge on any atom is 0.364 e. The number of halogens is 2. The molecule has 0 aliphatic rings. The van der Waals surface area contributed by atoms with Crippen molar-refractivity contribution in [3.05, 3.63) is 87.1 Å².